The summed E-state index contributed by atoms with van der Waals surface area (Å²) in [5.74, 6) is 0.724. The number of carbonyl (C=O) groups excluding carboxylic acids is 1. The molecule has 2 aromatic rings. The van der Waals surface area contributed by atoms with E-state index in [1.54, 1.807) is 7.11 Å². The number of alkyl halides is 3. The van der Waals surface area contributed by atoms with Crippen molar-refractivity contribution in [3.63, 3.8) is 0 Å². The minimum Gasteiger partial charge on any atom is -0.493 e. The third kappa shape index (κ3) is 3.12. The molecule has 0 saturated heterocycles. The van der Waals surface area contributed by atoms with E-state index in [9.17, 15) is 18.0 Å². The number of halogens is 3. The second-order valence-electron chi connectivity index (χ2n) is 8.42. The molecule has 3 aliphatic rings. The Morgan fingerprint density at radius 2 is 1.94 bits per heavy atom. The van der Waals surface area contributed by atoms with Gasteiger partial charge in [0.25, 0.3) is 0 Å². The van der Waals surface area contributed by atoms with Crippen molar-refractivity contribution < 1.29 is 32.2 Å². The Bertz CT molecular complexity index is 1100. The lowest BCUT2D eigenvalue weighted by Gasteiger charge is -2.42. The molecule has 0 fully saturated rings. The van der Waals surface area contributed by atoms with Gasteiger partial charge in [-0.2, -0.15) is 13.2 Å². The highest BCUT2D eigenvalue weighted by atomic mass is 19.4. The monoisotopic (exact) mass is 445 g/mol. The van der Waals surface area contributed by atoms with Gasteiger partial charge in [-0.15, -0.1) is 0 Å². The van der Waals surface area contributed by atoms with Crippen LogP contribution in [0, 0.1) is 0 Å². The van der Waals surface area contributed by atoms with E-state index in [2.05, 4.69) is 11.0 Å². The summed E-state index contributed by atoms with van der Waals surface area (Å²) in [7, 11) is 3.65. The zero-order chi connectivity index (χ0) is 22.7. The van der Waals surface area contributed by atoms with Crippen LogP contribution >= 0.6 is 0 Å². The standard InChI is InChI=1S/C24H22F3NO4/c1-28-12-11-23-10-9-16(31-22(29)14-3-5-15(6-4-14)24(25,26)27)13-19(23)32-21-18(30-2)8-7-17(28)20(21)23/h3-10,16,19H,11-13H2,1-2H3/t16-,19?,23-/m0/s1. The van der Waals surface area contributed by atoms with Crippen molar-refractivity contribution in [3.05, 3.63) is 65.2 Å². The summed E-state index contributed by atoms with van der Waals surface area (Å²) in [6, 6.07) is 7.96. The van der Waals surface area contributed by atoms with E-state index in [1.807, 2.05) is 25.3 Å². The Morgan fingerprint density at radius 1 is 1.19 bits per heavy atom. The molecule has 5 nitrogen and oxygen atoms in total. The number of ether oxygens (including phenoxy) is 3. The number of rotatable bonds is 3. The van der Waals surface area contributed by atoms with Gasteiger partial charge in [0.05, 0.1) is 23.7 Å². The molecule has 5 rings (SSSR count). The smallest absolute Gasteiger partial charge is 0.416 e. The molecule has 168 valence electrons. The molecule has 8 heteroatoms. The minimum absolute atomic E-state index is 0.0746. The lowest BCUT2D eigenvalue weighted by Crippen LogP contribution is -2.47. The first kappa shape index (κ1) is 20.7. The van der Waals surface area contributed by atoms with Crippen LogP contribution in [0.25, 0.3) is 0 Å². The number of carbonyl (C=O) groups is 1. The number of nitrogens with zero attached hydrogens (tertiary/aromatic N) is 1. The zero-order valence-electron chi connectivity index (χ0n) is 17.6. The van der Waals surface area contributed by atoms with Crippen LogP contribution in [0.4, 0.5) is 18.9 Å². The molecule has 0 amide bonds. The van der Waals surface area contributed by atoms with E-state index in [1.165, 1.54) is 0 Å². The second-order valence-corrected chi connectivity index (χ2v) is 8.42. The Labute approximate surface area is 183 Å². The highest BCUT2D eigenvalue weighted by Crippen LogP contribution is 2.58. The van der Waals surface area contributed by atoms with Crippen molar-refractivity contribution in [1.29, 1.82) is 0 Å². The van der Waals surface area contributed by atoms with E-state index in [-0.39, 0.29) is 17.1 Å². The molecule has 0 radical (unpaired) electrons. The van der Waals surface area contributed by atoms with Crippen molar-refractivity contribution in [1.82, 2.24) is 0 Å². The largest absolute Gasteiger partial charge is 0.493 e. The fourth-order valence-corrected chi connectivity index (χ4v) is 4.96. The quantitative estimate of drug-likeness (QED) is 0.505. The lowest BCUT2D eigenvalue weighted by molar-refractivity contribution is -0.137. The summed E-state index contributed by atoms with van der Waals surface area (Å²) in [6.45, 7) is 0.860. The molecule has 2 aliphatic heterocycles. The lowest BCUT2D eigenvalue weighted by atomic mass is 9.67. The van der Waals surface area contributed by atoms with Gasteiger partial charge in [-0.25, -0.2) is 4.79 Å². The maximum atomic E-state index is 12.8. The van der Waals surface area contributed by atoms with E-state index in [4.69, 9.17) is 14.2 Å². The predicted molar refractivity (Wildman–Crippen MR) is 111 cm³/mol. The van der Waals surface area contributed by atoms with Crippen molar-refractivity contribution in [2.24, 2.45) is 0 Å². The fraction of sp³-hybridized carbons (Fsp3) is 0.375. The third-order valence-electron chi connectivity index (χ3n) is 6.65. The number of benzene rings is 2. The van der Waals surface area contributed by atoms with Gasteiger partial charge in [0.2, 0.25) is 0 Å². The van der Waals surface area contributed by atoms with Crippen LogP contribution < -0.4 is 14.4 Å². The van der Waals surface area contributed by atoms with Crippen LogP contribution in [0.1, 0.15) is 34.3 Å². The van der Waals surface area contributed by atoms with Crippen LogP contribution in [0.5, 0.6) is 11.5 Å². The van der Waals surface area contributed by atoms with Gasteiger partial charge >= 0.3 is 12.1 Å². The van der Waals surface area contributed by atoms with Crippen molar-refractivity contribution in [3.8, 4) is 11.5 Å². The predicted octanol–water partition coefficient (Wildman–Crippen LogP) is 4.74. The van der Waals surface area contributed by atoms with Crippen LogP contribution in [0.3, 0.4) is 0 Å². The molecule has 1 aliphatic carbocycles. The van der Waals surface area contributed by atoms with E-state index < -0.39 is 23.8 Å². The van der Waals surface area contributed by atoms with Crippen LogP contribution in [0.15, 0.2) is 48.6 Å². The average molecular weight is 445 g/mol. The highest BCUT2D eigenvalue weighted by Gasteiger charge is 2.54. The zero-order valence-corrected chi connectivity index (χ0v) is 17.6. The second kappa shape index (κ2) is 7.18. The summed E-state index contributed by atoms with van der Waals surface area (Å²) in [4.78, 5) is 14.7. The molecule has 32 heavy (non-hydrogen) atoms. The van der Waals surface area contributed by atoms with E-state index in [0.717, 1.165) is 54.2 Å². The Kier molecular flexibility index (Phi) is 4.65. The van der Waals surface area contributed by atoms with Crippen molar-refractivity contribution >= 4 is 11.7 Å². The number of hydrogen-bond acceptors (Lipinski definition) is 5. The van der Waals surface area contributed by atoms with Gasteiger partial charge in [-0.3, -0.25) is 0 Å². The van der Waals surface area contributed by atoms with Gasteiger partial charge in [0.1, 0.15) is 12.2 Å². The molecule has 3 atom stereocenters. The number of esters is 1. The Hall–Kier alpha value is -3.16. The number of anilines is 1. The molecular formula is C24H22F3NO4. The van der Waals surface area contributed by atoms with Gasteiger partial charge in [0, 0.05) is 31.3 Å². The maximum absolute atomic E-state index is 12.8. The number of methoxy groups -OCH3 is 1. The normalized spacial score (nSPS) is 25.6. The average Bonchev–Trinajstić information content (AvgIpc) is 3.11. The maximum Gasteiger partial charge on any atom is 0.416 e. The topological polar surface area (TPSA) is 48.0 Å². The molecule has 2 aromatic carbocycles. The van der Waals surface area contributed by atoms with Crippen molar-refractivity contribution in [2.45, 2.75) is 36.6 Å². The molecule has 0 aromatic heterocycles. The van der Waals surface area contributed by atoms with Gasteiger partial charge < -0.3 is 19.1 Å². The molecule has 1 spiro atoms. The molecular weight excluding hydrogens is 423 g/mol. The van der Waals surface area contributed by atoms with Crippen LogP contribution in [-0.4, -0.2) is 38.9 Å². The Balaban J connectivity index is 1.38. The van der Waals surface area contributed by atoms with E-state index >= 15 is 0 Å². The summed E-state index contributed by atoms with van der Waals surface area (Å²) in [5.41, 5.74) is 1.14. The molecule has 2 heterocycles. The molecule has 0 saturated carbocycles. The molecule has 1 unspecified atom stereocenters. The van der Waals surface area contributed by atoms with Gasteiger partial charge in [-0.1, -0.05) is 6.08 Å². The summed E-state index contributed by atoms with van der Waals surface area (Å²) >= 11 is 0. The molecule has 0 N–H and O–H groups in total. The van der Waals surface area contributed by atoms with Crippen LogP contribution in [0.2, 0.25) is 0 Å². The van der Waals surface area contributed by atoms with E-state index in [0.29, 0.717) is 12.2 Å². The first-order valence-electron chi connectivity index (χ1n) is 10.4. The van der Waals surface area contributed by atoms with Gasteiger partial charge in [0.15, 0.2) is 11.5 Å². The SMILES string of the molecule is COc1ccc2c3c1OC1C[C@@H](OC(=O)c4ccc(C(F)(F)F)cc4)C=C[C@@]31CCN2C. The molecule has 0 bridgehead atoms. The summed E-state index contributed by atoms with van der Waals surface area (Å²) < 4.78 is 55.7. The minimum atomic E-state index is -4.45. The van der Waals surface area contributed by atoms with Crippen molar-refractivity contribution in [2.75, 3.05) is 25.6 Å². The first-order valence-corrected chi connectivity index (χ1v) is 10.4. The first-order chi connectivity index (χ1) is 15.2. The van der Waals surface area contributed by atoms with Gasteiger partial charge in [-0.05, 0) is 48.9 Å². The third-order valence-corrected chi connectivity index (χ3v) is 6.65. The summed E-state index contributed by atoms with van der Waals surface area (Å²) in [6.07, 6.45) is 0.0204. The fourth-order valence-electron chi connectivity index (χ4n) is 4.96. The Morgan fingerprint density at radius 3 is 2.62 bits per heavy atom. The summed E-state index contributed by atoms with van der Waals surface area (Å²) in [5, 5.41) is 0. The van der Waals surface area contributed by atoms with Crippen LogP contribution in [-0.2, 0) is 16.3 Å². The number of hydrogen-bond donors (Lipinski definition) is 0. The highest BCUT2D eigenvalue weighted by molar-refractivity contribution is 5.89.